The van der Waals surface area contributed by atoms with Gasteiger partial charge in [0.15, 0.2) is 5.75 Å². The van der Waals surface area contributed by atoms with E-state index in [1.54, 1.807) is 37.8 Å². The predicted molar refractivity (Wildman–Crippen MR) is 238 cm³/mol. The number of benzene rings is 2. The van der Waals surface area contributed by atoms with Gasteiger partial charge in [-0.1, -0.05) is 53.0 Å². The molecule has 3 amide bonds. The minimum Gasteiger partial charge on any atom is -0.485 e. The van der Waals surface area contributed by atoms with Gasteiger partial charge < -0.3 is 33.8 Å². The average Bonchev–Trinajstić information content (AvgIpc) is 3.92. The zero-order valence-electron chi connectivity index (χ0n) is 36.6. The first kappa shape index (κ1) is 47.4. The summed E-state index contributed by atoms with van der Waals surface area (Å²) in [6.45, 7) is 13.8. The van der Waals surface area contributed by atoms with Gasteiger partial charge in [0.05, 0.1) is 29.1 Å². The van der Waals surface area contributed by atoms with Gasteiger partial charge in [-0.2, -0.15) is 0 Å². The van der Waals surface area contributed by atoms with Crippen LogP contribution in [0.2, 0.25) is 15.1 Å². The molecule has 1 aromatic heterocycles. The van der Waals surface area contributed by atoms with Gasteiger partial charge in [-0.15, -0.1) is 0 Å². The number of aryl methyl sites for hydroxylation is 1. The van der Waals surface area contributed by atoms with Gasteiger partial charge in [-0.05, 0) is 121 Å². The van der Waals surface area contributed by atoms with Crippen LogP contribution in [0.15, 0.2) is 48.7 Å². The van der Waals surface area contributed by atoms with Crippen molar-refractivity contribution in [3.05, 3.63) is 86.0 Å². The van der Waals surface area contributed by atoms with E-state index in [0.29, 0.717) is 45.9 Å². The second kappa shape index (κ2) is 19.8. The van der Waals surface area contributed by atoms with E-state index in [1.165, 1.54) is 0 Å². The van der Waals surface area contributed by atoms with Crippen LogP contribution in [0.1, 0.15) is 95.4 Å². The SMILES string of the molecule is Cc1cc(Cl)c(O[C@@H]2CCN(c3ccc(C4CCN(C(=O)OC(C)(C)C)CC4C(=O)N(Cc4cc(CCN(CC(F)F)C(=O)OC(C)(C)C)ccc4Cl)C4CC4)cn3)C2)c(Cl)c1. The number of pyridine rings is 1. The minimum absolute atomic E-state index is 0.00592. The minimum atomic E-state index is -2.73. The van der Waals surface area contributed by atoms with E-state index in [9.17, 15) is 23.2 Å². The molecule has 0 bridgehead atoms. The second-order valence-electron chi connectivity index (χ2n) is 18.6. The lowest BCUT2D eigenvalue weighted by Gasteiger charge is -2.40. The number of rotatable bonds is 13. The normalized spacial score (nSPS) is 19.4. The van der Waals surface area contributed by atoms with Crippen LogP contribution in [0, 0.1) is 12.8 Å². The van der Waals surface area contributed by atoms with E-state index < -0.39 is 42.3 Å². The number of halogens is 5. The summed E-state index contributed by atoms with van der Waals surface area (Å²) < 4.78 is 44.4. The van der Waals surface area contributed by atoms with E-state index in [0.717, 1.165) is 53.2 Å². The number of aromatic nitrogens is 1. The number of carbonyl (C=O) groups excluding carboxylic acids is 3. The van der Waals surface area contributed by atoms with Crippen LogP contribution < -0.4 is 9.64 Å². The number of ether oxygens (including phenoxy) is 3. The Hall–Kier alpha value is -4.07. The van der Waals surface area contributed by atoms with Gasteiger partial charge in [-0.25, -0.2) is 23.4 Å². The quantitative estimate of drug-likeness (QED) is 0.167. The van der Waals surface area contributed by atoms with Crippen LogP contribution in [-0.2, 0) is 27.2 Å². The molecule has 62 heavy (non-hydrogen) atoms. The molecular weight excluding hydrogens is 863 g/mol. The highest BCUT2D eigenvalue weighted by molar-refractivity contribution is 6.37. The van der Waals surface area contributed by atoms with Crippen molar-refractivity contribution in [2.45, 2.75) is 123 Å². The Kier molecular flexibility index (Phi) is 15.1. The molecule has 6 rings (SSSR count). The molecule has 1 aliphatic carbocycles. The molecule has 16 heteroatoms. The predicted octanol–water partition coefficient (Wildman–Crippen LogP) is 10.6. The molecule has 338 valence electrons. The molecule has 0 N–H and O–H groups in total. The zero-order valence-corrected chi connectivity index (χ0v) is 38.8. The highest BCUT2D eigenvalue weighted by Crippen LogP contribution is 2.40. The van der Waals surface area contributed by atoms with Crippen molar-refractivity contribution in [2.75, 3.05) is 44.2 Å². The maximum absolute atomic E-state index is 15.0. The first-order chi connectivity index (χ1) is 29.1. The van der Waals surface area contributed by atoms with Crippen molar-refractivity contribution in [1.82, 2.24) is 19.7 Å². The second-order valence-corrected chi connectivity index (χ2v) is 19.8. The number of carbonyl (C=O) groups is 3. The van der Waals surface area contributed by atoms with Gasteiger partial charge in [0, 0.05) is 62.3 Å². The molecule has 2 aromatic carbocycles. The number of alkyl halides is 2. The summed E-state index contributed by atoms with van der Waals surface area (Å²) in [5, 5.41) is 1.41. The van der Waals surface area contributed by atoms with E-state index in [2.05, 4.69) is 4.90 Å². The molecule has 1 saturated carbocycles. The van der Waals surface area contributed by atoms with Crippen LogP contribution in [0.3, 0.4) is 0 Å². The molecule has 2 aliphatic heterocycles. The highest BCUT2D eigenvalue weighted by atomic mass is 35.5. The fraction of sp³-hybridized carbons (Fsp3) is 0.565. The van der Waals surface area contributed by atoms with Crippen molar-refractivity contribution in [2.24, 2.45) is 5.92 Å². The fourth-order valence-electron chi connectivity index (χ4n) is 7.98. The van der Waals surface area contributed by atoms with Crippen molar-refractivity contribution in [3.8, 4) is 5.75 Å². The maximum Gasteiger partial charge on any atom is 0.410 e. The molecule has 2 saturated heterocycles. The van der Waals surface area contributed by atoms with Crippen LogP contribution in [0.5, 0.6) is 5.75 Å². The van der Waals surface area contributed by atoms with Crippen molar-refractivity contribution >= 4 is 58.7 Å². The van der Waals surface area contributed by atoms with E-state index in [1.807, 2.05) is 69.1 Å². The number of hydrogen-bond donors (Lipinski definition) is 0. The Morgan fingerprint density at radius 1 is 0.871 bits per heavy atom. The summed E-state index contributed by atoms with van der Waals surface area (Å²) in [6.07, 6.45) is 0.904. The van der Waals surface area contributed by atoms with Gasteiger partial charge in [-0.3, -0.25) is 4.79 Å². The molecule has 3 heterocycles. The van der Waals surface area contributed by atoms with Crippen LogP contribution in [-0.4, -0.2) is 107 Å². The Morgan fingerprint density at radius 3 is 2.18 bits per heavy atom. The first-order valence-electron chi connectivity index (χ1n) is 21.3. The Bertz CT molecular complexity index is 2050. The molecular formula is C46H58Cl3F2N5O6. The summed E-state index contributed by atoms with van der Waals surface area (Å²) in [5.74, 6) is 0.327. The number of piperidine rings is 1. The third kappa shape index (κ3) is 12.8. The van der Waals surface area contributed by atoms with Gasteiger partial charge >= 0.3 is 12.2 Å². The number of hydrogen-bond acceptors (Lipinski definition) is 8. The molecule has 3 fully saturated rings. The Balaban J connectivity index is 1.19. The largest absolute Gasteiger partial charge is 0.485 e. The molecule has 3 atom stereocenters. The fourth-order valence-corrected chi connectivity index (χ4v) is 8.85. The molecule has 0 radical (unpaired) electrons. The highest BCUT2D eigenvalue weighted by Gasteiger charge is 2.44. The summed E-state index contributed by atoms with van der Waals surface area (Å²) in [5.41, 5.74) is 1.77. The number of nitrogens with zero attached hydrogens (tertiary/aromatic N) is 5. The van der Waals surface area contributed by atoms with Crippen molar-refractivity contribution in [3.63, 3.8) is 0 Å². The lowest BCUT2D eigenvalue weighted by atomic mass is 9.80. The van der Waals surface area contributed by atoms with Gasteiger partial charge in [0.2, 0.25) is 5.91 Å². The third-order valence-corrected chi connectivity index (χ3v) is 12.0. The monoisotopic (exact) mass is 919 g/mol. The van der Waals surface area contributed by atoms with Crippen molar-refractivity contribution < 1.29 is 37.4 Å². The average molecular weight is 921 g/mol. The van der Waals surface area contributed by atoms with Crippen LogP contribution in [0.25, 0.3) is 0 Å². The number of likely N-dealkylation sites (tertiary alicyclic amines) is 1. The molecule has 11 nitrogen and oxygen atoms in total. The van der Waals surface area contributed by atoms with E-state index in [4.69, 9.17) is 54.0 Å². The smallest absolute Gasteiger partial charge is 0.410 e. The third-order valence-electron chi connectivity index (χ3n) is 11.1. The van der Waals surface area contributed by atoms with Crippen LogP contribution >= 0.6 is 34.8 Å². The molecule has 3 aliphatic rings. The standard InChI is InChI=1S/C46H58Cl3F2N5O6/c1-28-20-37(48)41(38(49)21-28)60-33-15-18-53(25-33)40-13-9-30(23-52-40)34-16-19-54(43(58)61-45(2,3)4)26-35(34)42(57)56(32-10-11-32)24-31-22-29(8-12-36(31)47)14-17-55(27-39(50)51)44(59)62-46(5,6)7/h8-9,12-13,20-23,32-35,39H,10-11,14-19,24-27H2,1-7H3/t33-,34?,35?/m1/s1. The van der Waals surface area contributed by atoms with E-state index >= 15 is 0 Å². The Morgan fingerprint density at radius 2 is 1.56 bits per heavy atom. The summed E-state index contributed by atoms with van der Waals surface area (Å²) in [6, 6.07) is 13.0. The number of anilines is 1. The summed E-state index contributed by atoms with van der Waals surface area (Å²) in [4.78, 5) is 52.7. The van der Waals surface area contributed by atoms with Gasteiger partial charge in [0.1, 0.15) is 23.1 Å². The first-order valence-corrected chi connectivity index (χ1v) is 22.4. The van der Waals surface area contributed by atoms with Crippen molar-refractivity contribution in [1.29, 1.82) is 0 Å². The lowest BCUT2D eigenvalue weighted by Crippen LogP contribution is -2.51. The molecule has 3 aromatic rings. The molecule has 0 spiro atoms. The summed E-state index contributed by atoms with van der Waals surface area (Å²) >= 11 is 19.7. The van der Waals surface area contributed by atoms with Gasteiger partial charge in [0.25, 0.3) is 6.43 Å². The zero-order chi connectivity index (χ0) is 45.1. The number of amides is 3. The van der Waals surface area contributed by atoms with Crippen LogP contribution in [0.4, 0.5) is 24.2 Å². The van der Waals surface area contributed by atoms with E-state index in [-0.39, 0.29) is 50.0 Å². The maximum atomic E-state index is 15.0. The lowest BCUT2D eigenvalue weighted by molar-refractivity contribution is -0.139. The summed E-state index contributed by atoms with van der Waals surface area (Å²) in [7, 11) is 0. The Labute approximate surface area is 378 Å². The topological polar surface area (TPSA) is 105 Å². The molecule has 2 unspecified atom stereocenters.